The van der Waals surface area contributed by atoms with Gasteiger partial charge in [-0.05, 0) is 43.0 Å². The Morgan fingerprint density at radius 3 is 2.43 bits per heavy atom. The van der Waals surface area contributed by atoms with Gasteiger partial charge in [0.25, 0.3) is 5.91 Å². The Labute approximate surface area is 184 Å². The largest absolute Gasteiger partial charge is 0.484 e. The molecule has 2 rings (SSSR count). The molecule has 0 saturated carbocycles. The van der Waals surface area contributed by atoms with Crippen LogP contribution in [0.15, 0.2) is 48.5 Å². The summed E-state index contributed by atoms with van der Waals surface area (Å²) in [7, 11) is 0. The van der Waals surface area contributed by atoms with Crippen LogP contribution in [0.5, 0.6) is 5.75 Å². The second kappa shape index (κ2) is 11.6. The number of rotatable bonds is 10. The van der Waals surface area contributed by atoms with E-state index in [1.807, 2.05) is 52.0 Å². The summed E-state index contributed by atoms with van der Waals surface area (Å²) in [6, 6.07) is 14.3. The molecule has 2 aromatic rings. The molecule has 0 aliphatic heterocycles. The molecule has 162 valence electrons. The van der Waals surface area contributed by atoms with E-state index >= 15 is 0 Å². The van der Waals surface area contributed by atoms with E-state index in [0.717, 1.165) is 11.1 Å². The lowest BCUT2D eigenvalue weighted by molar-refractivity contribution is -0.143. The number of ether oxygens (including phenoxy) is 1. The third kappa shape index (κ3) is 7.38. The van der Waals surface area contributed by atoms with E-state index in [4.69, 9.17) is 16.3 Å². The maximum Gasteiger partial charge on any atom is 0.261 e. The fraction of sp³-hybridized carbons (Fsp3) is 0.417. The number of carbonyl (C=O) groups excluding carboxylic acids is 2. The minimum Gasteiger partial charge on any atom is -0.484 e. The lowest BCUT2D eigenvalue weighted by Crippen LogP contribution is -2.50. The van der Waals surface area contributed by atoms with Crippen molar-refractivity contribution in [2.45, 2.75) is 46.7 Å². The lowest BCUT2D eigenvalue weighted by Gasteiger charge is -2.31. The predicted molar refractivity (Wildman–Crippen MR) is 121 cm³/mol. The Morgan fingerprint density at radius 1 is 1.13 bits per heavy atom. The smallest absolute Gasteiger partial charge is 0.261 e. The molecule has 30 heavy (non-hydrogen) atoms. The SMILES string of the molecule is CCC(C(=O)NCC(C)C)N(Cc1ccc(C)cc1)C(=O)COc1cccc(Cl)c1. The number of hydrogen-bond donors (Lipinski definition) is 1. The number of nitrogens with one attached hydrogen (secondary N) is 1. The molecule has 2 amide bonds. The zero-order valence-electron chi connectivity index (χ0n) is 18.2. The monoisotopic (exact) mass is 430 g/mol. The van der Waals surface area contributed by atoms with Gasteiger partial charge >= 0.3 is 0 Å². The molecular formula is C24H31ClN2O3. The first-order valence-corrected chi connectivity index (χ1v) is 10.7. The molecule has 0 heterocycles. The first kappa shape index (κ1) is 23.7. The van der Waals surface area contributed by atoms with Crippen molar-refractivity contribution in [1.29, 1.82) is 0 Å². The number of hydrogen-bond acceptors (Lipinski definition) is 3. The Balaban J connectivity index is 2.18. The third-order valence-electron chi connectivity index (χ3n) is 4.70. The highest BCUT2D eigenvalue weighted by Crippen LogP contribution is 2.18. The Hall–Kier alpha value is -2.53. The van der Waals surface area contributed by atoms with Crippen LogP contribution < -0.4 is 10.1 Å². The first-order chi connectivity index (χ1) is 14.3. The van der Waals surface area contributed by atoms with Crippen LogP contribution in [-0.2, 0) is 16.1 Å². The third-order valence-corrected chi connectivity index (χ3v) is 4.94. The zero-order valence-corrected chi connectivity index (χ0v) is 18.9. The minimum absolute atomic E-state index is 0.144. The number of carbonyl (C=O) groups is 2. The number of nitrogens with zero attached hydrogens (tertiary/aromatic N) is 1. The minimum atomic E-state index is -0.569. The quantitative estimate of drug-likeness (QED) is 0.598. The molecule has 1 N–H and O–H groups in total. The van der Waals surface area contributed by atoms with E-state index in [9.17, 15) is 9.59 Å². The summed E-state index contributed by atoms with van der Waals surface area (Å²) in [6.07, 6.45) is 0.513. The second-order valence-corrected chi connectivity index (χ2v) is 8.25. The summed E-state index contributed by atoms with van der Waals surface area (Å²) >= 11 is 5.99. The maximum atomic E-state index is 13.1. The summed E-state index contributed by atoms with van der Waals surface area (Å²) in [6.45, 7) is 8.74. The van der Waals surface area contributed by atoms with E-state index in [0.29, 0.717) is 36.2 Å². The number of amides is 2. The van der Waals surface area contributed by atoms with E-state index in [2.05, 4.69) is 5.32 Å². The average molecular weight is 431 g/mol. The van der Waals surface area contributed by atoms with E-state index in [-0.39, 0.29) is 18.4 Å². The molecule has 6 heteroatoms. The van der Waals surface area contributed by atoms with Gasteiger partial charge in [0, 0.05) is 18.1 Å². The molecule has 5 nitrogen and oxygen atoms in total. The average Bonchev–Trinajstić information content (AvgIpc) is 2.71. The van der Waals surface area contributed by atoms with E-state index < -0.39 is 6.04 Å². The molecular weight excluding hydrogens is 400 g/mol. The van der Waals surface area contributed by atoms with Crippen molar-refractivity contribution in [2.75, 3.05) is 13.2 Å². The fourth-order valence-corrected chi connectivity index (χ4v) is 3.20. The normalized spacial score (nSPS) is 11.8. The second-order valence-electron chi connectivity index (χ2n) is 7.82. The number of aryl methyl sites for hydroxylation is 1. The van der Waals surface area contributed by atoms with Crippen molar-refractivity contribution in [3.63, 3.8) is 0 Å². The molecule has 0 saturated heterocycles. The summed E-state index contributed by atoms with van der Waals surface area (Å²) in [5, 5.41) is 3.49. The number of halogens is 1. The van der Waals surface area contributed by atoms with Gasteiger partial charge in [0.1, 0.15) is 11.8 Å². The van der Waals surface area contributed by atoms with Crippen LogP contribution in [-0.4, -0.2) is 35.9 Å². The van der Waals surface area contributed by atoms with Crippen molar-refractivity contribution in [3.8, 4) is 5.75 Å². The summed E-state index contributed by atoms with van der Waals surface area (Å²) in [4.78, 5) is 27.5. The van der Waals surface area contributed by atoms with Crippen LogP contribution >= 0.6 is 11.6 Å². The predicted octanol–water partition coefficient (Wildman–Crippen LogP) is 4.61. The van der Waals surface area contributed by atoms with Crippen LogP contribution in [0.3, 0.4) is 0 Å². The molecule has 1 atom stereocenters. The van der Waals surface area contributed by atoms with Gasteiger partial charge in [-0.3, -0.25) is 9.59 Å². The molecule has 2 aromatic carbocycles. The van der Waals surface area contributed by atoms with Crippen molar-refractivity contribution >= 4 is 23.4 Å². The van der Waals surface area contributed by atoms with Crippen molar-refractivity contribution in [2.24, 2.45) is 5.92 Å². The summed E-state index contributed by atoms with van der Waals surface area (Å²) < 4.78 is 5.65. The molecule has 1 unspecified atom stereocenters. The highest BCUT2D eigenvalue weighted by molar-refractivity contribution is 6.30. The van der Waals surface area contributed by atoms with Gasteiger partial charge in [-0.25, -0.2) is 0 Å². The molecule has 0 aliphatic carbocycles. The molecule has 0 radical (unpaired) electrons. The summed E-state index contributed by atoms with van der Waals surface area (Å²) in [5.41, 5.74) is 2.11. The van der Waals surface area contributed by atoms with Crippen LogP contribution in [0, 0.1) is 12.8 Å². The molecule has 0 aliphatic rings. The van der Waals surface area contributed by atoms with Gasteiger partial charge in [0.2, 0.25) is 5.91 Å². The Bertz CT molecular complexity index is 837. The number of benzene rings is 2. The first-order valence-electron chi connectivity index (χ1n) is 10.3. The van der Waals surface area contributed by atoms with Crippen LogP contribution in [0.1, 0.15) is 38.3 Å². The molecule has 0 bridgehead atoms. The van der Waals surface area contributed by atoms with Crippen molar-refractivity contribution in [1.82, 2.24) is 10.2 Å². The highest BCUT2D eigenvalue weighted by atomic mass is 35.5. The van der Waals surface area contributed by atoms with Crippen molar-refractivity contribution in [3.05, 3.63) is 64.7 Å². The fourth-order valence-electron chi connectivity index (χ4n) is 3.02. The van der Waals surface area contributed by atoms with Gasteiger partial charge in [0.15, 0.2) is 6.61 Å². The molecule has 0 fully saturated rings. The van der Waals surface area contributed by atoms with Gasteiger partial charge in [-0.1, -0.05) is 68.3 Å². The highest BCUT2D eigenvalue weighted by Gasteiger charge is 2.29. The van der Waals surface area contributed by atoms with E-state index in [1.54, 1.807) is 29.2 Å². The Kier molecular flexibility index (Phi) is 9.18. The van der Waals surface area contributed by atoms with Gasteiger partial charge in [0.05, 0.1) is 0 Å². The van der Waals surface area contributed by atoms with Gasteiger partial charge < -0.3 is 15.0 Å². The standard InChI is InChI=1S/C24H31ClN2O3/c1-5-22(24(29)26-14-17(2)3)27(15-19-11-9-18(4)10-12-19)23(28)16-30-21-8-6-7-20(25)13-21/h6-13,17,22H,5,14-16H2,1-4H3,(H,26,29). The Morgan fingerprint density at radius 2 is 1.83 bits per heavy atom. The van der Waals surface area contributed by atoms with Crippen LogP contribution in [0.25, 0.3) is 0 Å². The van der Waals surface area contributed by atoms with Crippen molar-refractivity contribution < 1.29 is 14.3 Å². The zero-order chi connectivity index (χ0) is 22.1. The summed E-state index contributed by atoms with van der Waals surface area (Å²) in [5.74, 6) is 0.457. The molecule has 0 spiro atoms. The van der Waals surface area contributed by atoms with Gasteiger partial charge in [-0.15, -0.1) is 0 Å². The van der Waals surface area contributed by atoms with E-state index in [1.165, 1.54) is 0 Å². The molecule has 0 aromatic heterocycles. The van der Waals surface area contributed by atoms with Crippen LogP contribution in [0.4, 0.5) is 0 Å². The van der Waals surface area contributed by atoms with Gasteiger partial charge in [-0.2, -0.15) is 0 Å². The maximum absolute atomic E-state index is 13.1. The van der Waals surface area contributed by atoms with Crippen LogP contribution in [0.2, 0.25) is 5.02 Å². The topological polar surface area (TPSA) is 58.6 Å². The lowest BCUT2D eigenvalue weighted by atomic mass is 10.1.